The number of methoxy groups -OCH3 is 1. The predicted molar refractivity (Wildman–Crippen MR) is 76.4 cm³/mol. The van der Waals surface area contributed by atoms with Crippen LogP contribution < -0.4 is 4.74 Å². The predicted octanol–water partition coefficient (Wildman–Crippen LogP) is 3.80. The molecule has 4 heteroatoms. The normalized spacial score (nSPS) is 11.3. The molecule has 1 rings (SSSR count). The molecular weight excluding hydrogens is 259 g/mol. The van der Waals surface area contributed by atoms with Gasteiger partial charge in [0.1, 0.15) is 11.6 Å². The third-order valence-electron chi connectivity index (χ3n) is 3.40. The van der Waals surface area contributed by atoms with Crippen LogP contribution in [0.15, 0.2) is 12.1 Å². The zero-order valence-corrected chi connectivity index (χ0v) is 12.9. The first kappa shape index (κ1) is 16.5. The summed E-state index contributed by atoms with van der Waals surface area (Å²) in [6.07, 6.45) is 1.41. The van der Waals surface area contributed by atoms with E-state index >= 15 is 0 Å². The lowest BCUT2D eigenvalue weighted by Crippen LogP contribution is -2.26. The van der Waals surface area contributed by atoms with Gasteiger partial charge in [-0.25, -0.2) is 4.39 Å². The van der Waals surface area contributed by atoms with Gasteiger partial charge >= 0.3 is 5.97 Å². The number of carbonyl (C=O) groups is 1. The monoisotopic (exact) mass is 282 g/mol. The van der Waals surface area contributed by atoms with Crippen molar-refractivity contribution in [3.63, 3.8) is 0 Å². The van der Waals surface area contributed by atoms with Gasteiger partial charge in [-0.05, 0) is 63.8 Å². The molecule has 3 nitrogen and oxygen atoms in total. The summed E-state index contributed by atoms with van der Waals surface area (Å²) in [5.41, 5.74) is 0.840. The minimum Gasteiger partial charge on any atom is -0.493 e. The summed E-state index contributed by atoms with van der Waals surface area (Å²) in [5.74, 6) is 0.257. The average Bonchev–Trinajstić information content (AvgIpc) is 2.39. The number of benzene rings is 1. The van der Waals surface area contributed by atoms with E-state index in [9.17, 15) is 9.18 Å². The van der Waals surface area contributed by atoms with Crippen LogP contribution in [0.1, 0.15) is 37.8 Å². The lowest BCUT2D eigenvalue weighted by atomic mass is 9.88. The Kier molecular flexibility index (Phi) is 5.54. The molecule has 0 saturated carbocycles. The summed E-state index contributed by atoms with van der Waals surface area (Å²) in [6.45, 7) is 7.73. The molecule has 0 heterocycles. The number of aryl methyl sites for hydroxylation is 2. The molecule has 0 unspecified atom stereocenters. The Labute approximate surface area is 120 Å². The maximum Gasteiger partial charge on any atom is 0.311 e. The zero-order valence-electron chi connectivity index (χ0n) is 12.9. The van der Waals surface area contributed by atoms with Crippen molar-refractivity contribution in [3.05, 3.63) is 29.1 Å². The van der Waals surface area contributed by atoms with Gasteiger partial charge in [-0.3, -0.25) is 4.79 Å². The van der Waals surface area contributed by atoms with Crippen molar-refractivity contribution in [1.29, 1.82) is 0 Å². The van der Waals surface area contributed by atoms with Crippen molar-refractivity contribution in [2.24, 2.45) is 5.41 Å². The largest absolute Gasteiger partial charge is 0.493 e. The molecule has 0 amide bonds. The molecule has 20 heavy (non-hydrogen) atoms. The van der Waals surface area contributed by atoms with Crippen molar-refractivity contribution >= 4 is 5.97 Å². The molecule has 0 fully saturated rings. The minimum absolute atomic E-state index is 0.216. The van der Waals surface area contributed by atoms with Crippen molar-refractivity contribution in [3.8, 4) is 5.75 Å². The van der Waals surface area contributed by atoms with Gasteiger partial charge in [-0.15, -0.1) is 0 Å². The second-order valence-electron chi connectivity index (χ2n) is 5.69. The Morgan fingerprint density at radius 1 is 1.25 bits per heavy atom. The number of rotatable bonds is 6. The average molecular weight is 282 g/mol. The highest BCUT2D eigenvalue weighted by molar-refractivity contribution is 5.75. The Balaban J connectivity index is 2.50. The first-order valence-electron chi connectivity index (χ1n) is 6.76. The number of halogens is 1. The maximum absolute atomic E-state index is 13.3. The standard InChI is InChI=1S/C16H23FO3/c1-11-10-14(12(2)9-13(11)17)20-8-6-7-16(3,4)15(18)19-5/h9-10H,6-8H2,1-5H3. The number of carbonyl (C=O) groups excluding carboxylic acids is 1. The molecular formula is C16H23FO3. The molecule has 0 atom stereocenters. The Bertz CT molecular complexity index is 481. The molecule has 0 aliphatic heterocycles. The summed E-state index contributed by atoms with van der Waals surface area (Å²) in [7, 11) is 1.39. The van der Waals surface area contributed by atoms with Gasteiger partial charge in [0.05, 0.1) is 19.1 Å². The molecule has 0 aromatic heterocycles. The topological polar surface area (TPSA) is 35.5 Å². The number of esters is 1. The lowest BCUT2D eigenvalue weighted by Gasteiger charge is -2.21. The van der Waals surface area contributed by atoms with E-state index in [2.05, 4.69) is 0 Å². The zero-order chi connectivity index (χ0) is 15.3. The fourth-order valence-corrected chi connectivity index (χ4v) is 1.98. The lowest BCUT2D eigenvalue weighted by molar-refractivity contribution is -0.151. The highest BCUT2D eigenvalue weighted by Gasteiger charge is 2.27. The van der Waals surface area contributed by atoms with Crippen LogP contribution in [0.25, 0.3) is 0 Å². The van der Waals surface area contributed by atoms with E-state index in [-0.39, 0.29) is 11.8 Å². The highest BCUT2D eigenvalue weighted by Crippen LogP contribution is 2.25. The summed E-state index contributed by atoms with van der Waals surface area (Å²) in [4.78, 5) is 11.5. The molecule has 0 bridgehead atoms. The van der Waals surface area contributed by atoms with Crippen molar-refractivity contribution in [2.45, 2.75) is 40.5 Å². The van der Waals surface area contributed by atoms with Gasteiger partial charge in [-0.2, -0.15) is 0 Å². The van der Waals surface area contributed by atoms with Gasteiger partial charge in [0, 0.05) is 0 Å². The summed E-state index contributed by atoms with van der Waals surface area (Å²) >= 11 is 0. The van der Waals surface area contributed by atoms with Crippen LogP contribution in [0.2, 0.25) is 0 Å². The van der Waals surface area contributed by atoms with Crippen LogP contribution in [-0.2, 0) is 9.53 Å². The fourth-order valence-electron chi connectivity index (χ4n) is 1.98. The third kappa shape index (κ3) is 4.22. The van der Waals surface area contributed by atoms with Crippen LogP contribution in [0.3, 0.4) is 0 Å². The Morgan fingerprint density at radius 2 is 1.90 bits per heavy atom. The molecule has 0 aliphatic rings. The van der Waals surface area contributed by atoms with Crippen molar-refractivity contribution in [1.82, 2.24) is 0 Å². The number of hydrogen-bond donors (Lipinski definition) is 0. The Hall–Kier alpha value is -1.58. The van der Waals surface area contributed by atoms with Crippen molar-refractivity contribution < 1.29 is 18.7 Å². The van der Waals surface area contributed by atoms with Crippen LogP contribution in [0, 0.1) is 25.1 Å². The van der Waals surface area contributed by atoms with Gasteiger partial charge < -0.3 is 9.47 Å². The van der Waals surface area contributed by atoms with E-state index in [1.165, 1.54) is 13.2 Å². The summed E-state index contributed by atoms with van der Waals surface area (Å²) in [6, 6.07) is 3.18. The minimum atomic E-state index is -0.508. The van der Waals surface area contributed by atoms with Crippen LogP contribution >= 0.6 is 0 Å². The van der Waals surface area contributed by atoms with Crippen molar-refractivity contribution in [2.75, 3.05) is 13.7 Å². The quantitative estimate of drug-likeness (QED) is 0.588. The van der Waals surface area contributed by atoms with Crippen LogP contribution in [-0.4, -0.2) is 19.7 Å². The van der Waals surface area contributed by atoms with Gasteiger partial charge in [0.2, 0.25) is 0 Å². The molecule has 0 aliphatic carbocycles. The highest BCUT2D eigenvalue weighted by atomic mass is 19.1. The van der Waals surface area contributed by atoms with E-state index in [4.69, 9.17) is 9.47 Å². The van der Waals surface area contributed by atoms with E-state index in [0.29, 0.717) is 24.3 Å². The summed E-state index contributed by atoms with van der Waals surface area (Å²) < 4.78 is 23.7. The second-order valence-corrected chi connectivity index (χ2v) is 5.69. The van der Waals surface area contributed by atoms with E-state index < -0.39 is 5.41 Å². The van der Waals surface area contributed by atoms with E-state index in [1.807, 2.05) is 20.8 Å². The van der Waals surface area contributed by atoms with Gasteiger partial charge in [0.25, 0.3) is 0 Å². The van der Waals surface area contributed by atoms with Gasteiger partial charge in [0.15, 0.2) is 0 Å². The smallest absolute Gasteiger partial charge is 0.311 e. The Morgan fingerprint density at radius 3 is 2.50 bits per heavy atom. The molecule has 1 aromatic carbocycles. The number of hydrogen-bond acceptors (Lipinski definition) is 3. The summed E-state index contributed by atoms with van der Waals surface area (Å²) in [5, 5.41) is 0. The van der Waals surface area contributed by atoms with Crippen LogP contribution in [0.5, 0.6) is 5.75 Å². The SMILES string of the molecule is COC(=O)C(C)(C)CCCOc1cc(C)c(F)cc1C. The molecule has 0 spiro atoms. The van der Waals surface area contributed by atoms with Crippen LogP contribution in [0.4, 0.5) is 4.39 Å². The van der Waals surface area contributed by atoms with E-state index in [1.54, 1.807) is 13.0 Å². The molecule has 0 N–H and O–H groups in total. The fraction of sp³-hybridized carbons (Fsp3) is 0.562. The number of ether oxygens (including phenoxy) is 2. The first-order chi connectivity index (χ1) is 9.27. The maximum atomic E-state index is 13.3. The molecule has 1 aromatic rings. The third-order valence-corrected chi connectivity index (χ3v) is 3.40. The van der Waals surface area contributed by atoms with Gasteiger partial charge in [-0.1, -0.05) is 0 Å². The first-order valence-corrected chi connectivity index (χ1v) is 6.76. The molecule has 0 saturated heterocycles. The molecule has 112 valence electrons. The molecule has 0 radical (unpaired) electrons. The second kappa shape index (κ2) is 6.73. The van der Waals surface area contributed by atoms with E-state index in [0.717, 1.165) is 12.0 Å².